The van der Waals surface area contributed by atoms with Gasteiger partial charge >= 0.3 is 0 Å². The highest BCUT2D eigenvalue weighted by Gasteiger charge is 2.41. The zero-order valence-electron chi connectivity index (χ0n) is 20.7. The molecule has 0 saturated carbocycles. The van der Waals surface area contributed by atoms with Crippen molar-refractivity contribution in [3.8, 4) is 11.5 Å². The number of fused-ring (bicyclic) bond motifs is 4. The smallest absolute Gasteiger partial charge is 0.146 e. The van der Waals surface area contributed by atoms with Crippen LogP contribution >= 0.6 is 0 Å². The van der Waals surface area contributed by atoms with E-state index in [0.717, 1.165) is 49.7 Å². The summed E-state index contributed by atoms with van der Waals surface area (Å²) in [6.45, 7) is 14.0. The van der Waals surface area contributed by atoms with Gasteiger partial charge in [-0.3, -0.25) is 0 Å². The molecule has 5 rings (SSSR count). The first-order chi connectivity index (χ1) is 16.3. The number of benzene rings is 3. The van der Waals surface area contributed by atoms with Gasteiger partial charge in [0, 0.05) is 0 Å². The maximum atomic E-state index is 5.03. The van der Waals surface area contributed by atoms with E-state index >= 15 is 0 Å². The van der Waals surface area contributed by atoms with E-state index in [9.17, 15) is 0 Å². The Bertz CT molecular complexity index is 1590. The molecule has 0 atom stereocenters. The van der Waals surface area contributed by atoms with Gasteiger partial charge < -0.3 is 0 Å². The molecule has 0 aliphatic rings. The molecule has 0 aliphatic carbocycles. The minimum Gasteiger partial charge on any atom is -0.244 e. The summed E-state index contributed by atoms with van der Waals surface area (Å²) in [6, 6.07) is 18.0. The van der Waals surface area contributed by atoms with Crippen LogP contribution in [0.4, 0.5) is 0 Å². The highest BCUT2D eigenvalue weighted by atomic mass is 28.3. The first-order valence-electron chi connectivity index (χ1n) is 12.1. The van der Waals surface area contributed by atoms with Crippen molar-refractivity contribution in [2.24, 2.45) is 0 Å². The van der Waals surface area contributed by atoms with E-state index in [1.165, 1.54) is 0 Å². The highest BCUT2D eigenvalue weighted by molar-refractivity contribution is 6.90. The second kappa shape index (κ2) is 8.45. The predicted octanol–water partition coefficient (Wildman–Crippen LogP) is 7.45. The number of hydrogen-bond acceptors (Lipinski definition) is 4. The fourth-order valence-electron chi connectivity index (χ4n) is 5.52. The molecule has 0 amide bonds. The van der Waals surface area contributed by atoms with Crippen molar-refractivity contribution in [1.82, 2.24) is 19.9 Å². The van der Waals surface area contributed by atoms with Gasteiger partial charge in [-0.25, -0.2) is 19.9 Å². The van der Waals surface area contributed by atoms with Crippen molar-refractivity contribution in [1.29, 1.82) is 0 Å². The molecule has 4 nitrogen and oxygen atoms in total. The fraction of sp³-hybridized carbons (Fsp3) is 0.310. The Morgan fingerprint density at radius 2 is 1.03 bits per heavy atom. The Morgan fingerprint density at radius 3 is 1.56 bits per heavy atom. The van der Waals surface area contributed by atoms with Crippen LogP contribution in [0.25, 0.3) is 44.1 Å². The van der Waals surface area contributed by atoms with Crippen LogP contribution < -0.4 is 0 Å². The first kappa shape index (κ1) is 22.4. The molecule has 0 unspecified atom stereocenters. The topological polar surface area (TPSA) is 51.6 Å². The molecule has 3 aromatic carbocycles. The van der Waals surface area contributed by atoms with Crippen LogP contribution in [-0.4, -0.2) is 28.0 Å². The Kier molecular flexibility index (Phi) is 5.57. The van der Waals surface area contributed by atoms with Crippen molar-refractivity contribution >= 4 is 52.2 Å². The average Bonchev–Trinajstić information content (AvgIpc) is 2.80. The van der Waals surface area contributed by atoms with Crippen LogP contribution in [0.15, 0.2) is 54.6 Å². The van der Waals surface area contributed by atoms with Crippen LogP contribution in [-0.2, 0) is 0 Å². The fourth-order valence-corrected chi connectivity index (χ4v) is 10.7. The van der Waals surface area contributed by atoms with Gasteiger partial charge in [0.15, 0.2) is 0 Å². The lowest BCUT2D eigenvalue weighted by Crippen LogP contribution is -2.43. The molecule has 5 heteroatoms. The van der Waals surface area contributed by atoms with Crippen molar-refractivity contribution < 1.29 is 0 Å². The average molecular weight is 463 g/mol. The van der Waals surface area contributed by atoms with Gasteiger partial charge in [-0.05, 0) is 53.0 Å². The lowest BCUT2D eigenvalue weighted by Gasteiger charge is -2.38. The van der Waals surface area contributed by atoms with Gasteiger partial charge in [-0.15, -0.1) is 5.54 Å². The third-order valence-corrected chi connectivity index (χ3v) is 13.5. The lowest BCUT2D eigenvalue weighted by molar-refractivity contribution is 0.838. The van der Waals surface area contributed by atoms with E-state index in [1.54, 1.807) is 0 Å². The zero-order valence-corrected chi connectivity index (χ0v) is 21.7. The van der Waals surface area contributed by atoms with Gasteiger partial charge in [-0.2, -0.15) is 0 Å². The lowest BCUT2D eigenvalue weighted by atomic mass is 10.1. The Morgan fingerprint density at radius 1 is 0.559 bits per heavy atom. The van der Waals surface area contributed by atoms with E-state index in [1.807, 2.05) is 48.5 Å². The van der Waals surface area contributed by atoms with Crippen LogP contribution in [0.3, 0.4) is 0 Å². The molecule has 0 N–H and O–H groups in total. The summed E-state index contributed by atoms with van der Waals surface area (Å²) in [4.78, 5) is 19.5. The van der Waals surface area contributed by atoms with E-state index in [0.29, 0.717) is 16.6 Å². The summed E-state index contributed by atoms with van der Waals surface area (Å²) in [5, 5.41) is 0. The minimum absolute atomic E-state index is 0.585. The second-order valence-electron chi connectivity index (χ2n) is 10.1. The molecule has 0 spiro atoms. The SMILES string of the molecule is CC(C)[Si](C#Cc1cccc2nc3cc4nc5ccccc5nc4cc3nc12)(C(C)C)C(C)C. The number of aromatic nitrogens is 4. The summed E-state index contributed by atoms with van der Waals surface area (Å²) >= 11 is 0. The summed E-state index contributed by atoms with van der Waals surface area (Å²) in [5.41, 5.74) is 13.3. The largest absolute Gasteiger partial charge is 0.244 e. The summed E-state index contributed by atoms with van der Waals surface area (Å²) < 4.78 is 0. The molecular formula is C29H30N4Si. The standard InChI is InChI=1S/C29H30N4Si/c1-18(2)34(19(3)4,20(5)6)15-14-21-10-9-13-24-29(21)33-28-17-26-25(16-27(28)32-24)30-22-11-7-8-12-23(22)31-26/h7-13,16-20H,1-6H3. The number of hydrogen-bond donors (Lipinski definition) is 0. The molecule has 34 heavy (non-hydrogen) atoms. The molecule has 5 aromatic rings. The number of nitrogens with zero attached hydrogens (tertiary/aromatic N) is 4. The Balaban J connectivity index is 1.71. The summed E-state index contributed by atoms with van der Waals surface area (Å²) in [5.74, 6) is 3.58. The van der Waals surface area contributed by atoms with Gasteiger partial charge in [0.2, 0.25) is 0 Å². The molecule has 0 fully saturated rings. The quantitative estimate of drug-likeness (QED) is 0.159. The number of rotatable bonds is 3. The normalized spacial score (nSPS) is 12.4. The van der Waals surface area contributed by atoms with Gasteiger partial charge in [0.1, 0.15) is 13.6 Å². The Hall–Kier alpha value is -3.36. The van der Waals surface area contributed by atoms with Crippen LogP contribution in [0.2, 0.25) is 16.6 Å². The second-order valence-corrected chi connectivity index (χ2v) is 15.7. The molecule has 170 valence electrons. The van der Waals surface area contributed by atoms with Gasteiger partial charge in [0.05, 0.1) is 44.2 Å². The van der Waals surface area contributed by atoms with Gasteiger partial charge in [-0.1, -0.05) is 65.7 Å². The van der Waals surface area contributed by atoms with Crippen LogP contribution in [0.5, 0.6) is 0 Å². The van der Waals surface area contributed by atoms with E-state index < -0.39 is 8.07 Å². The summed E-state index contributed by atoms with van der Waals surface area (Å²) in [7, 11) is -1.84. The summed E-state index contributed by atoms with van der Waals surface area (Å²) in [6.07, 6.45) is 0. The minimum atomic E-state index is -1.84. The van der Waals surface area contributed by atoms with Crippen LogP contribution in [0, 0.1) is 11.5 Å². The van der Waals surface area contributed by atoms with Crippen molar-refractivity contribution in [3.63, 3.8) is 0 Å². The van der Waals surface area contributed by atoms with Crippen molar-refractivity contribution in [2.75, 3.05) is 0 Å². The molecule has 2 aromatic heterocycles. The highest BCUT2D eigenvalue weighted by Crippen LogP contribution is 2.41. The molecule has 2 heterocycles. The predicted molar refractivity (Wildman–Crippen MR) is 146 cm³/mol. The third-order valence-electron chi connectivity index (χ3n) is 7.20. The molecule has 0 aliphatic heterocycles. The zero-order chi connectivity index (χ0) is 24.0. The number of para-hydroxylation sites is 3. The van der Waals surface area contributed by atoms with Crippen molar-refractivity contribution in [2.45, 2.75) is 58.2 Å². The molecular weight excluding hydrogens is 432 g/mol. The van der Waals surface area contributed by atoms with E-state index in [4.69, 9.17) is 19.9 Å². The third kappa shape index (κ3) is 3.63. The van der Waals surface area contributed by atoms with Crippen LogP contribution in [0.1, 0.15) is 47.1 Å². The maximum absolute atomic E-state index is 5.03. The maximum Gasteiger partial charge on any atom is 0.146 e. The van der Waals surface area contributed by atoms with E-state index in [2.05, 4.69) is 59.1 Å². The molecule has 0 bridgehead atoms. The van der Waals surface area contributed by atoms with Crippen molar-refractivity contribution in [3.05, 3.63) is 60.2 Å². The monoisotopic (exact) mass is 462 g/mol. The first-order valence-corrected chi connectivity index (χ1v) is 14.3. The van der Waals surface area contributed by atoms with Gasteiger partial charge in [0.25, 0.3) is 0 Å². The molecule has 0 saturated heterocycles. The Labute approximate surface area is 201 Å². The van der Waals surface area contributed by atoms with E-state index in [-0.39, 0.29) is 0 Å². The molecule has 0 radical (unpaired) electrons.